The minimum Gasteiger partial charge on any atom is -0.507 e. The van der Waals surface area contributed by atoms with Crippen LogP contribution >= 0.6 is 22.9 Å². The van der Waals surface area contributed by atoms with Crippen molar-refractivity contribution >= 4 is 55.7 Å². The average molecular weight is 507 g/mol. The van der Waals surface area contributed by atoms with Gasteiger partial charge in [-0.1, -0.05) is 41.1 Å². The molecule has 3 aromatic carbocycles. The van der Waals surface area contributed by atoms with Gasteiger partial charge in [0.25, 0.3) is 5.78 Å². The third-order valence-electron chi connectivity index (χ3n) is 5.77. The summed E-state index contributed by atoms with van der Waals surface area (Å²) in [5.41, 5.74) is 1.57. The number of halogens is 1. The summed E-state index contributed by atoms with van der Waals surface area (Å²) < 4.78 is 11.7. The van der Waals surface area contributed by atoms with Crippen LogP contribution in [0.5, 0.6) is 11.5 Å². The number of hydrogen-bond acceptors (Lipinski definition) is 7. The van der Waals surface area contributed by atoms with Crippen molar-refractivity contribution in [1.29, 1.82) is 0 Å². The van der Waals surface area contributed by atoms with Crippen LogP contribution in [0.25, 0.3) is 16.0 Å². The van der Waals surface area contributed by atoms with Crippen molar-refractivity contribution in [2.24, 2.45) is 0 Å². The van der Waals surface area contributed by atoms with Crippen molar-refractivity contribution < 1.29 is 24.2 Å². The number of thiazole rings is 1. The number of methoxy groups -OCH3 is 2. The van der Waals surface area contributed by atoms with E-state index in [-0.39, 0.29) is 11.3 Å². The van der Waals surface area contributed by atoms with Crippen molar-refractivity contribution in [3.05, 3.63) is 88.5 Å². The molecule has 1 N–H and O–H groups in total. The first kappa shape index (κ1) is 22.9. The number of carbonyl (C=O) groups is 2. The molecule has 4 aromatic rings. The van der Waals surface area contributed by atoms with Crippen LogP contribution in [0, 0.1) is 0 Å². The quantitative estimate of drug-likeness (QED) is 0.215. The summed E-state index contributed by atoms with van der Waals surface area (Å²) >= 11 is 7.29. The molecule has 5 rings (SSSR count). The summed E-state index contributed by atoms with van der Waals surface area (Å²) in [7, 11) is 3.02. The van der Waals surface area contributed by atoms with E-state index in [1.165, 1.54) is 30.5 Å². The Bertz CT molecular complexity index is 1460. The standard InChI is InChI=1S/C26H19ClN2O5S/c1-33-18-12-9-15(13-19(18)34-2)22-21(23(30)14-7-10-16(27)11-8-14)24(31)25(32)29(22)26-28-17-5-3-4-6-20(17)35-26/h3-13,22,30H,1-2H3/t22-/m0/s1. The molecule has 0 unspecified atom stereocenters. The van der Waals surface area contributed by atoms with Crippen LogP contribution in [-0.4, -0.2) is 36.0 Å². The molecule has 176 valence electrons. The highest BCUT2D eigenvalue weighted by atomic mass is 35.5. The van der Waals surface area contributed by atoms with Crippen LogP contribution in [0.4, 0.5) is 5.13 Å². The second-order valence-electron chi connectivity index (χ2n) is 7.75. The van der Waals surface area contributed by atoms with E-state index in [1.807, 2.05) is 24.3 Å². The van der Waals surface area contributed by atoms with Crippen molar-refractivity contribution in [1.82, 2.24) is 4.98 Å². The minimum atomic E-state index is -0.939. The average Bonchev–Trinajstić information content (AvgIpc) is 3.42. The Morgan fingerprint density at radius 1 is 1.00 bits per heavy atom. The smallest absolute Gasteiger partial charge is 0.301 e. The number of rotatable bonds is 5. The van der Waals surface area contributed by atoms with Gasteiger partial charge in [-0.25, -0.2) is 4.98 Å². The number of para-hydroxylation sites is 1. The predicted octanol–water partition coefficient (Wildman–Crippen LogP) is 5.59. The fourth-order valence-electron chi connectivity index (χ4n) is 4.09. The minimum absolute atomic E-state index is 0.0520. The molecule has 9 heteroatoms. The van der Waals surface area contributed by atoms with Gasteiger partial charge < -0.3 is 14.6 Å². The van der Waals surface area contributed by atoms with E-state index in [0.29, 0.717) is 38.3 Å². The Hall–Kier alpha value is -3.88. The lowest BCUT2D eigenvalue weighted by molar-refractivity contribution is -0.132. The maximum absolute atomic E-state index is 13.4. The van der Waals surface area contributed by atoms with Gasteiger partial charge in [0.05, 0.1) is 36.1 Å². The summed E-state index contributed by atoms with van der Waals surface area (Å²) in [5.74, 6) is -0.975. The molecule has 7 nitrogen and oxygen atoms in total. The van der Waals surface area contributed by atoms with E-state index in [9.17, 15) is 14.7 Å². The van der Waals surface area contributed by atoms with Crippen molar-refractivity contribution in [2.75, 3.05) is 19.1 Å². The number of Topliss-reactive ketones (excluding diaryl/α,β-unsaturated/α-hetero) is 1. The Labute approximate surface area is 209 Å². The lowest BCUT2D eigenvalue weighted by Gasteiger charge is -2.23. The fourth-order valence-corrected chi connectivity index (χ4v) is 5.21. The number of nitrogens with zero attached hydrogens (tertiary/aromatic N) is 2. The number of fused-ring (bicyclic) bond motifs is 1. The molecule has 1 fully saturated rings. The SMILES string of the molecule is COc1ccc([C@H]2C(=C(O)c3ccc(Cl)cc3)C(=O)C(=O)N2c2nc3ccccc3s2)cc1OC. The number of ether oxygens (including phenoxy) is 2. The molecule has 0 aliphatic carbocycles. The van der Waals surface area contributed by atoms with E-state index >= 15 is 0 Å². The van der Waals surface area contributed by atoms with Gasteiger partial charge in [0.15, 0.2) is 16.6 Å². The normalized spacial score (nSPS) is 17.2. The molecule has 1 aliphatic rings. The summed E-state index contributed by atoms with van der Waals surface area (Å²) in [6, 6.07) is 18.0. The van der Waals surface area contributed by atoms with Crippen molar-refractivity contribution in [3.63, 3.8) is 0 Å². The number of anilines is 1. The first-order chi connectivity index (χ1) is 16.9. The second-order valence-corrected chi connectivity index (χ2v) is 9.20. The fraction of sp³-hybridized carbons (Fsp3) is 0.115. The Morgan fingerprint density at radius 3 is 2.40 bits per heavy atom. The predicted molar refractivity (Wildman–Crippen MR) is 135 cm³/mol. The molecular weight excluding hydrogens is 488 g/mol. The lowest BCUT2D eigenvalue weighted by Crippen LogP contribution is -2.29. The van der Waals surface area contributed by atoms with Gasteiger partial charge in [0, 0.05) is 10.6 Å². The second kappa shape index (κ2) is 9.05. The number of ketones is 1. The van der Waals surface area contributed by atoms with E-state index in [4.69, 9.17) is 21.1 Å². The lowest BCUT2D eigenvalue weighted by atomic mass is 9.95. The van der Waals surface area contributed by atoms with Gasteiger partial charge in [-0.3, -0.25) is 14.5 Å². The number of aromatic nitrogens is 1. The molecule has 0 saturated carbocycles. The molecule has 35 heavy (non-hydrogen) atoms. The molecule has 1 aromatic heterocycles. The van der Waals surface area contributed by atoms with Crippen LogP contribution < -0.4 is 14.4 Å². The molecular formula is C26H19ClN2O5S. The molecule has 1 aliphatic heterocycles. The third-order valence-corrected chi connectivity index (χ3v) is 7.06. The highest BCUT2D eigenvalue weighted by Gasteiger charge is 2.48. The Balaban J connectivity index is 1.75. The number of carbonyl (C=O) groups excluding carboxylic acids is 2. The summed E-state index contributed by atoms with van der Waals surface area (Å²) in [6.45, 7) is 0. The number of amides is 1. The van der Waals surface area contributed by atoms with Crippen LogP contribution in [0.1, 0.15) is 17.2 Å². The van der Waals surface area contributed by atoms with E-state index < -0.39 is 17.7 Å². The first-order valence-electron chi connectivity index (χ1n) is 10.6. The van der Waals surface area contributed by atoms with Gasteiger partial charge in [0.1, 0.15) is 5.76 Å². The van der Waals surface area contributed by atoms with Crippen molar-refractivity contribution in [2.45, 2.75) is 6.04 Å². The molecule has 2 heterocycles. The molecule has 1 saturated heterocycles. The van der Waals surface area contributed by atoms with Crippen LogP contribution in [0.2, 0.25) is 5.02 Å². The molecule has 0 radical (unpaired) electrons. The maximum Gasteiger partial charge on any atom is 0.301 e. The zero-order chi connectivity index (χ0) is 24.7. The largest absolute Gasteiger partial charge is 0.507 e. The number of aliphatic hydroxyl groups excluding tert-OH is 1. The van der Waals surface area contributed by atoms with Crippen LogP contribution in [-0.2, 0) is 9.59 Å². The first-order valence-corrected chi connectivity index (χ1v) is 11.8. The molecule has 1 amide bonds. The molecule has 0 spiro atoms. The maximum atomic E-state index is 13.4. The monoisotopic (exact) mass is 506 g/mol. The zero-order valence-electron chi connectivity index (χ0n) is 18.7. The summed E-state index contributed by atoms with van der Waals surface area (Å²) in [4.78, 5) is 32.6. The van der Waals surface area contributed by atoms with E-state index in [2.05, 4.69) is 4.98 Å². The van der Waals surface area contributed by atoms with Gasteiger partial charge >= 0.3 is 5.91 Å². The Morgan fingerprint density at radius 2 is 1.71 bits per heavy atom. The highest BCUT2D eigenvalue weighted by Crippen LogP contribution is 2.45. The van der Waals surface area contributed by atoms with Gasteiger partial charge in [-0.2, -0.15) is 0 Å². The zero-order valence-corrected chi connectivity index (χ0v) is 20.3. The third kappa shape index (κ3) is 3.90. The highest BCUT2D eigenvalue weighted by molar-refractivity contribution is 7.22. The van der Waals surface area contributed by atoms with Crippen LogP contribution in [0.15, 0.2) is 72.3 Å². The van der Waals surface area contributed by atoms with Gasteiger partial charge in [-0.15, -0.1) is 0 Å². The van der Waals surface area contributed by atoms with Gasteiger partial charge in [-0.05, 0) is 54.1 Å². The number of hydrogen-bond donors (Lipinski definition) is 1. The topological polar surface area (TPSA) is 89.0 Å². The summed E-state index contributed by atoms with van der Waals surface area (Å²) in [6.07, 6.45) is 0. The summed E-state index contributed by atoms with van der Waals surface area (Å²) in [5, 5.41) is 12.1. The number of benzene rings is 3. The van der Waals surface area contributed by atoms with Crippen molar-refractivity contribution in [3.8, 4) is 11.5 Å². The molecule has 0 bridgehead atoms. The Kier molecular flexibility index (Phi) is 5.92. The number of aliphatic hydroxyl groups is 1. The van der Waals surface area contributed by atoms with Gasteiger partial charge in [0.2, 0.25) is 0 Å². The van der Waals surface area contributed by atoms with Crippen LogP contribution in [0.3, 0.4) is 0 Å². The van der Waals surface area contributed by atoms with E-state index in [0.717, 1.165) is 4.70 Å². The van der Waals surface area contributed by atoms with E-state index in [1.54, 1.807) is 42.5 Å². The molecule has 1 atom stereocenters.